The van der Waals surface area contributed by atoms with Crippen LogP contribution in [0, 0.1) is 5.92 Å². The monoisotopic (exact) mass is 272 g/mol. The quantitative estimate of drug-likeness (QED) is 0.625. The second-order valence-corrected chi connectivity index (χ2v) is 5.51. The lowest BCUT2D eigenvalue weighted by Gasteiger charge is -2.11. The highest BCUT2D eigenvalue weighted by molar-refractivity contribution is 6.07. The number of esters is 1. The first-order valence-corrected chi connectivity index (χ1v) is 6.74. The average Bonchev–Trinajstić information content (AvgIpc) is 2.69. The molecule has 4 heteroatoms. The number of cyclic esters (lactones) is 1. The van der Waals surface area contributed by atoms with Crippen LogP contribution < -0.4 is 4.90 Å². The van der Waals surface area contributed by atoms with E-state index in [-0.39, 0.29) is 5.97 Å². The minimum Gasteiger partial charge on any atom is -0.407 e. The predicted octanol–water partition coefficient (Wildman–Crippen LogP) is 3.09. The number of benzene rings is 1. The summed E-state index contributed by atoms with van der Waals surface area (Å²) in [7, 11) is 3.98. The Balaban J connectivity index is 2.17. The highest BCUT2D eigenvalue weighted by Gasteiger charge is 2.23. The van der Waals surface area contributed by atoms with E-state index in [9.17, 15) is 4.79 Å². The smallest absolute Gasteiger partial charge is 0.363 e. The van der Waals surface area contributed by atoms with Gasteiger partial charge in [0.2, 0.25) is 0 Å². The van der Waals surface area contributed by atoms with E-state index in [0.717, 1.165) is 11.3 Å². The fraction of sp³-hybridized carbons (Fsp3) is 0.375. The molecule has 0 saturated heterocycles. The van der Waals surface area contributed by atoms with E-state index in [0.29, 0.717) is 23.9 Å². The zero-order valence-corrected chi connectivity index (χ0v) is 12.4. The van der Waals surface area contributed by atoms with Crippen LogP contribution in [0.25, 0.3) is 6.08 Å². The van der Waals surface area contributed by atoms with E-state index < -0.39 is 0 Å². The lowest BCUT2D eigenvalue weighted by Crippen LogP contribution is -2.08. The van der Waals surface area contributed by atoms with Crippen LogP contribution in [-0.4, -0.2) is 26.0 Å². The molecule has 1 aromatic carbocycles. The fourth-order valence-electron chi connectivity index (χ4n) is 1.92. The molecule has 4 nitrogen and oxygen atoms in total. The van der Waals surface area contributed by atoms with Crippen molar-refractivity contribution in [3.05, 3.63) is 35.5 Å². The third-order valence-corrected chi connectivity index (χ3v) is 2.96. The summed E-state index contributed by atoms with van der Waals surface area (Å²) >= 11 is 0. The topological polar surface area (TPSA) is 41.9 Å². The zero-order valence-electron chi connectivity index (χ0n) is 12.4. The van der Waals surface area contributed by atoms with Crippen LogP contribution in [0.3, 0.4) is 0 Å². The highest BCUT2D eigenvalue weighted by atomic mass is 16.6. The van der Waals surface area contributed by atoms with Crippen LogP contribution in [0.1, 0.15) is 25.8 Å². The third-order valence-electron chi connectivity index (χ3n) is 2.96. The van der Waals surface area contributed by atoms with E-state index >= 15 is 0 Å². The molecule has 0 aliphatic carbocycles. The molecule has 0 aromatic heterocycles. The summed E-state index contributed by atoms with van der Waals surface area (Å²) < 4.78 is 5.15. The lowest BCUT2D eigenvalue weighted by atomic mass is 10.1. The Morgan fingerprint density at radius 1 is 1.25 bits per heavy atom. The number of hydrogen-bond donors (Lipinski definition) is 0. The van der Waals surface area contributed by atoms with Gasteiger partial charge in [0, 0.05) is 26.2 Å². The Morgan fingerprint density at radius 2 is 1.90 bits per heavy atom. The number of ether oxygens (including phenoxy) is 1. The zero-order chi connectivity index (χ0) is 14.7. The molecule has 1 aliphatic heterocycles. The maximum atomic E-state index is 11.7. The Hall–Kier alpha value is -2.10. The van der Waals surface area contributed by atoms with Crippen LogP contribution in [0.4, 0.5) is 5.69 Å². The van der Waals surface area contributed by atoms with Gasteiger partial charge in [0.05, 0.1) is 0 Å². The molecule has 0 N–H and O–H groups in total. The van der Waals surface area contributed by atoms with Gasteiger partial charge in [-0.25, -0.2) is 9.79 Å². The number of carbonyl (C=O) groups is 1. The molecule has 0 fully saturated rings. The number of rotatable bonds is 4. The van der Waals surface area contributed by atoms with Gasteiger partial charge in [-0.2, -0.15) is 0 Å². The molecule has 0 saturated carbocycles. The normalized spacial score (nSPS) is 16.6. The van der Waals surface area contributed by atoms with Gasteiger partial charge in [-0.15, -0.1) is 0 Å². The number of carbonyl (C=O) groups excluding carboxylic acids is 1. The molecule has 106 valence electrons. The third kappa shape index (κ3) is 3.47. The molecule has 20 heavy (non-hydrogen) atoms. The summed E-state index contributed by atoms with van der Waals surface area (Å²) in [4.78, 5) is 18.0. The van der Waals surface area contributed by atoms with E-state index in [1.54, 1.807) is 6.08 Å². The molecular weight excluding hydrogens is 252 g/mol. The molecule has 0 radical (unpaired) electrons. The fourth-order valence-corrected chi connectivity index (χ4v) is 1.92. The standard InChI is InChI=1S/C16H20N2O2/c1-11(2)9-15-17-14(16(19)20-15)10-12-5-7-13(8-6-12)18(3)4/h5-8,10-11H,9H2,1-4H3/b14-10+. The van der Waals surface area contributed by atoms with Crippen molar-refractivity contribution in [2.24, 2.45) is 10.9 Å². The number of anilines is 1. The van der Waals surface area contributed by atoms with Crippen molar-refractivity contribution in [3.63, 3.8) is 0 Å². The van der Waals surface area contributed by atoms with Gasteiger partial charge in [-0.3, -0.25) is 0 Å². The Labute approximate surface area is 119 Å². The van der Waals surface area contributed by atoms with Crippen LogP contribution in [0.5, 0.6) is 0 Å². The molecule has 0 spiro atoms. The van der Waals surface area contributed by atoms with Crippen molar-refractivity contribution in [1.29, 1.82) is 0 Å². The van der Waals surface area contributed by atoms with Crippen molar-refractivity contribution < 1.29 is 9.53 Å². The van der Waals surface area contributed by atoms with Crippen molar-refractivity contribution in [2.75, 3.05) is 19.0 Å². The molecule has 1 aliphatic rings. The minimum atomic E-state index is -0.364. The van der Waals surface area contributed by atoms with Crippen molar-refractivity contribution in [3.8, 4) is 0 Å². The first-order valence-electron chi connectivity index (χ1n) is 6.74. The number of nitrogens with zero attached hydrogens (tertiary/aromatic N) is 2. The first kappa shape index (κ1) is 14.3. The summed E-state index contributed by atoms with van der Waals surface area (Å²) in [5.41, 5.74) is 2.43. The van der Waals surface area contributed by atoms with Gasteiger partial charge in [-0.1, -0.05) is 26.0 Å². The summed E-state index contributed by atoms with van der Waals surface area (Å²) in [6.45, 7) is 4.13. The second-order valence-electron chi connectivity index (χ2n) is 5.51. The van der Waals surface area contributed by atoms with Gasteiger partial charge < -0.3 is 9.64 Å². The molecule has 2 rings (SSSR count). The maximum absolute atomic E-state index is 11.7. The second kappa shape index (κ2) is 5.90. The van der Waals surface area contributed by atoms with Crippen molar-refractivity contribution >= 4 is 23.6 Å². The largest absolute Gasteiger partial charge is 0.407 e. The van der Waals surface area contributed by atoms with Crippen molar-refractivity contribution in [1.82, 2.24) is 0 Å². The van der Waals surface area contributed by atoms with Crippen LogP contribution in [0.2, 0.25) is 0 Å². The summed E-state index contributed by atoms with van der Waals surface area (Å²) in [6, 6.07) is 7.94. The van der Waals surface area contributed by atoms with Crippen molar-refractivity contribution in [2.45, 2.75) is 20.3 Å². The maximum Gasteiger partial charge on any atom is 0.363 e. The van der Waals surface area contributed by atoms with Crippen LogP contribution >= 0.6 is 0 Å². The number of aliphatic imine (C=N–C) groups is 1. The lowest BCUT2D eigenvalue weighted by molar-refractivity contribution is -0.130. The minimum absolute atomic E-state index is 0.364. The molecule has 0 atom stereocenters. The number of hydrogen-bond acceptors (Lipinski definition) is 4. The molecular formula is C16H20N2O2. The SMILES string of the molecule is CC(C)CC1=N/C(=C/c2ccc(N(C)C)cc2)C(=O)O1. The van der Waals surface area contributed by atoms with Crippen LogP contribution in [0.15, 0.2) is 35.0 Å². The molecule has 1 heterocycles. The van der Waals surface area contributed by atoms with E-state index in [2.05, 4.69) is 18.8 Å². The Morgan fingerprint density at radius 3 is 2.45 bits per heavy atom. The first-order chi connectivity index (χ1) is 9.45. The summed E-state index contributed by atoms with van der Waals surface area (Å²) in [6.07, 6.45) is 2.44. The summed E-state index contributed by atoms with van der Waals surface area (Å²) in [5, 5.41) is 0. The Kier molecular flexibility index (Phi) is 4.23. The van der Waals surface area contributed by atoms with Gasteiger partial charge >= 0.3 is 5.97 Å². The summed E-state index contributed by atoms with van der Waals surface area (Å²) in [5.74, 6) is 0.568. The molecule has 0 bridgehead atoms. The van der Waals surface area contributed by atoms with Crippen LogP contribution in [-0.2, 0) is 9.53 Å². The average molecular weight is 272 g/mol. The van der Waals surface area contributed by atoms with E-state index in [1.165, 1.54) is 0 Å². The molecule has 0 amide bonds. The highest BCUT2D eigenvalue weighted by Crippen LogP contribution is 2.20. The predicted molar refractivity (Wildman–Crippen MR) is 81.7 cm³/mol. The van der Waals surface area contributed by atoms with Gasteiger partial charge in [0.25, 0.3) is 0 Å². The molecule has 0 unspecified atom stereocenters. The Bertz CT molecular complexity index is 554. The van der Waals surface area contributed by atoms with Gasteiger partial charge in [0.1, 0.15) is 0 Å². The molecule has 1 aromatic rings. The van der Waals surface area contributed by atoms with E-state index in [1.807, 2.05) is 43.3 Å². The van der Waals surface area contributed by atoms with E-state index in [4.69, 9.17) is 4.74 Å². The van der Waals surface area contributed by atoms with Gasteiger partial charge in [0.15, 0.2) is 11.6 Å². The van der Waals surface area contributed by atoms with Gasteiger partial charge in [-0.05, 0) is 29.7 Å².